The van der Waals surface area contributed by atoms with Crippen LogP contribution in [0.1, 0.15) is 29.3 Å². The third kappa shape index (κ3) is 2.42. The Bertz CT molecular complexity index is 598. The van der Waals surface area contributed by atoms with Gasteiger partial charge in [-0.05, 0) is 37.1 Å². The number of aromatic nitrogens is 1. The topological polar surface area (TPSA) is 59.2 Å². The number of ether oxygens (including phenoxy) is 1. The molecule has 1 N–H and O–H groups in total. The standard InChI is InChI=1S/C14H15NO3/c1-9(16)3-4-11-8-15-13-6-5-10(7-12(11)13)14(17)18-2/h5-8,15H,3-4H2,1-2H3. The molecule has 1 aromatic carbocycles. The lowest BCUT2D eigenvalue weighted by Gasteiger charge is -2.01. The van der Waals surface area contributed by atoms with Gasteiger partial charge >= 0.3 is 5.97 Å². The number of fused-ring (bicyclic) bond motifs is 1. The van der Waals surface area contributed by atoms with Gasteiger partial charge in [-0.2, -0.15) is 0 Å². The summed E-state index contributed by atoms with van der Waals surface area (Å²) in [6.45, 7) is 1.58. The van der Waals surface area contributed by atoms with Crippen molar-refractivity contribution in [2.24, 2.45) is 0 Å². The highest BCUT2D eigenvalue weighted by molar-refractivity contribution is 5.95. The van der Waals surface area contributed by atoms with Gasteiger partial charge in [0, 0.05) is 23.5 Å². The van der Waals surface area contributed by atoms with E-state index in [-0.39, 0.29) is 11.8 Å². The number of aromatic amines is 1. The molecule has 2 aromatic rings. The normalized spacial score (nSPS) is 10.6. The Morgan fingerprint density at radius 3 is 2.78 bits per heavy atom. The number of carbonyl (C=O) groups excluding carboxylic acids is 2. The van der Waals surface area contributed by atoms with Crippen LogP contribution < -0.4 is 0 Å². The molecule has 0 saturated heterocycles. The number of carbonyl (C=O) groups is 2. The van der Waals surface area contributed by atoms with E-state index in [9.17, 15) is 9.59 Å². The second kappa shape index (κ2) is 5.04. The van der Waals surface area contributed by atoms with Crippen molar-refractivity contribution >= 4 is 22.7 Å². The lowest BCUT2D eigenvalue weighted by Crippen LogP contribution is -2.00. The number of esters is 1. The molecule has 0 atom stereocenters. The number of hydrogen-bond donors (Lipinski definition) is 1. The first-order chi connectivity index (χ1) is 8.61. The van der Waals surface area contributed by atoms with Gasteiger partial charge in [-0.1, -0.05) is 0 Å². The molecule has 0 bridgehead atoms. The van der Waals surface area contributed by atoms with E-state index in [1.807, 2.05) is 12.3 Å². The summed E-state index contributed by atoms with van der Waals surface area (Å²) in [5, 5.41) is 0.971. The van der Waals surface area contributed by atoms with E-state index in [1.165, 1.54) is 7.11 Å². The molecular formula is C14H15NO3. The zero-order valence-corrected chi connectivity index (χ0v) is 10.4. The summed E-state index contributed by atoms with van der Waals surface area (Å²) in [4.78, 5) is 25.6. The average molecular weight is 245 g/mol. The maximum Gasteiger partial charge on any atom is 0.337 e. The minimum Gasteiger partial charge on any atom is -0.465 e. The highest BCUT2D eigenvalue weighted by Gasteiger charge is 2.10. The molecule has 1 heterocycles. The summed E-state index contributed by atoms with van der Waals surface area (Å²) in [6, 6.07) is 5.37. The van der Waals surface area contributed by atoms with Gasteiger partial charge in [0.25, 0.3) is 0 Å². The highest BCUT2D eigenvalue weighted by Crippen LogP contribution is 2.21. The smallest absolute Gasteiger partial charge is 0.337 e. The second-order valence-corrected chi connectivity index (χ2v) is 4.27. The molecule has 0 fully saturated rings. The quantitative estimate of drug-likeness (QED) is 0.842. The predicted molar refractivity (Wildman–Crippen MR) is 68.6 cm³/mol. The van der Waals surface area contributed by atoms with Crippen LogP contribution in [0, 0.1) is 0 Å². The number of hydrogen-bond acceptors (Lipinski definition) is 3. The number of aryl methyl sites for hydroxylation is 1. The Hall–Kier alpha value is -2.10. The molecule has 0 radical (unpaired) electrons. The van der Waals surface area contributed by atoms with Crippen molar-refractivity contribution in [2.75, 3.05) is 7.11 Å². The van der Waals surface area contributed by atoms with Crippen molar-refractivity contribution in [3.05, 3.63) is 35.5 Å². The Balaban J connectivity index is 2.37. The summed E-state index contributed by atoms with van der Waals surface area (Å²) < 4.78 is 4.70. The first kappa shape index (κ1) is 12.4. The summed E-state index contributed by atoms with van der Waals surface area (Å²) in [5.41, 5.74) is 2.53. The van der Waals surface area contributed by atoms with Crippen molar-refractivity contribution in [3.8, 4) is 0 Å². The molecule has 0 aliphatic rings. The molecule has 2 rings (SSSR count). The summed E-state index contributed by atoms with van der Waals surface area (Å²) in [7, 11) is 1.36. The van der Waals surface area contributed by atoms with Crippen LogP contribution >= 0.6 is 0 Å². The van der Waals surface area contributed by atoms with Crippen molar-refractivity contribution in [1.29, 1.82) is 0 Å². The fourth-order valence-corrected chi connectivity index (χ4v) is 1.94. The molecule has 0 aliphatic heterocycles. The number of H-pyrrole nitrogens is 1. The van der Waals surface area contributed by atoms with Crippen LogP contribution in [0.4, 0.5) is 0 Å². The van der Waals surface area contributed by atoms with Crippen LogP contribution in [0.3, 0.4) is 0 Å². The lowest BCUT2D eigenvalue weighted by molar-refractivity contribution is -0.116. The van der Waals surface area contributed by atoms with E-state index in [1.54, 1.807) is 19.1 Å². The molecule has 94 valence electrons. The predicted octanol–water partition coefficient (Wildman–Crippen LogP) is 2.48. The summed E-state index contributed by atoms with van der Waals surface area (Å²) in [5.74, 6) is -0.191. The van der Waals surface area contributed by atoms with E-state index in [0.29, 0.717) is 18.4 Å². The van der Waals surface area contributed by atoms with Crippen molar-refractivity contribution < 1.29 is 14.3 Å². The summed E-state index contributed by atoms with van der Waals surface area (Å²) >= 11 is 0. The molecule has 0 amide bonds. The molecule has 4 heteroatoms. The van der Waals surface area contributed by atoms with Crippen LogP contribution in [-0.2, 0) is 16.0 Å². The zero-order valence-electron chi connectivity index (χ0n) is 10.4. The molecule has 18 heavy (non-hydrogen) atoms. The molecule has 0 aliphatic carbocycles. The van der Waals surface area contributed by atoms with Crippen LogP contribution in [-0.4, -0.2) is 23.8 Å². The maximum absolute atomic E-state index is 11.5. The number of rotatable bonds is 4. The fourth-order valence-electron chi connectivity index (χ4n) is 1.94. The fraction of sp³-hybridized carbons (Fsp3) is 0.286. The number of nitrogens with one attached hydrogen (secondary N) is 1. The SMILES string of the molecule is COC(=O)c1ccc2[nH]cc(CCC(C)=O)c2c1. The number of ketones is 1. The van der Waals surface area contributed by atoms with Gasteiger partial charge in [-0.3, -0.25) is 0 Å². The first-order valence-electron chi connectivity index (χ1n) is 5.79. The van der Waals surface area contributed by atoms with Gasteiger partial charge in [-0.15, -0.1) is 0 Å². The number of benzene rings is 1. The van der Waals surface area contributed by atoms with E-state index >= 15 is 0 Å². The Morgan fingerprint density at radius 1 is 1.33 bits per heavy atom. The zero-order chi connectivity index (χ0) is 13.1. The molecule has 0 saturated carbocycles. The van der Waals surface area contributed by atoms with Gasteiger partial charge in [0.2, 0.25) is 0 Å². The Labute approximate surface area is 105 Å². The third-order valence-corrected chi connectivity index (χ3v) is 2.93. The van der Waals surface area contributed by atoms with Crippen molar-refractivity contribution in [2.45, 2.75) is 19.8 Å². The minimum absolute atomic E-state index is 0.161. The lowest BCUT2D eigenvalue weighted by atomic mass is 10.0. The Kier molecular flexibility index (Phi) is 3.46. The molecule has 1 aromatic heterocycles. The largest absolute Gasteiger partial charge is 0.465 e. The van der Waals surface area contributed by atoms with E-state index < -0.39 is 0 Å². The van der Waals surface area contributed by atoms with Crippen LogP contribution in [0.2, 0.25) is 0 Å². The van der Waals surface area contributed by atoms with Gasteiger partial charge < -0.3 is 14.5 Å². The van der Waals surface area contributed by atoms with Gasteiger partial charge in [0.1, 0.15) is 5.78 Å². The molecular weight excluding hydrogens is 230 g/mol. The monoisotopic (exact) mass is 245 g/mol. The van der Waals surface area contributed by atoms with Gasteiger partial charge in [0.05, 0.1) is 12.7 Å². The van der Waals surface area contributed by atoms with Crippen LogP contribution in [0.25, 0.3) is 10.9 Å². The molecule has 0 spiro atoms. The van der Waals surface area contributed by atoms with Gasteiger partial charge in [0.15, 0.2) is 0 Å². The highest BCUT2D eigenvalue weighted by atomic mass is 16.5. The van der Waals surface area contributed by atoms with E-state index in [0.717, 1.165) is 16.5 Å². The maximum atomic E-state index is 11.5. The minimum atomic E-state index is -0.351. The van der Waals surface area contributed by atoms with E-state index in [4.69, 9.17) is 4.74 Å². The van der Waals surface area contributed by atoms with Crippen molar-refractivity contribution in [3.63, 3.8) is 0 Å². The Morgan fingerprint density at radius 2 is 2.11 bits per heavy atom. The second-order valence-electron chi connectivity index (χ2n) is 4.27. The van der Waals surface area contributed by atoms with Crippen LogP contribution in [0.15, 0.2) is 24.4 Å². The first-order valence-corrected chi connectivity index (χ1v) is 5.79. The molecule has 4 nitrogen and oxygen atoms in total. The van der Waals surface area contributed by atoms with Crippen LogP contribution in [0.5, 0.6) is 0 Å². The van der Waals surface area contributed by atoms with E-state index in [2.05, 4.69) is 4.98 Å². The number of methoxy groups -OCH3 is 1. The summed E-state index contributed by atoms with van der Waals surface area (Å²) in [6.07, 6.45) is 3.07. The number of Topliss-reactive ketones (excluding diaryl/α,β-unsaturated/α-hetero) is 1. The van der Waals surface area contributed by atoms with Gasteiger partial charge in [-0.25, -0.2) is 4.79 Å². The third-order valence-electron chi connectivity index (χ3n) is 2.93. The molecule has 0 unspecified atom stereocenters. The van der Waals surface area contributed by atoms with Crippen molar-refractivity contribution in [1.82, 2.24) is 4.98 Å². The average Bonchev–Trinajstić information content (AvgIpc) is 2.77.